The molecule has 0 bridgehead atoms. The molecular formula is C26H22FN3O3. The van der Waals surface area contributed by atoms with E-state index in [0.29, 0.717) is 37.6 Å². The summed E-state index contributed by atoms with van der Waals surface area (Å²) in [5.74, 6) is 0.327. The third-order valence-electron chi connectivity index (χ3n) is 6.47. The van der Waals surface area contributed by atoms with Gasteiger partial charge < -0.3 is 19.9 Å². The van der Waals surface area contributed by atoms with Gasteiger partial charge in [-0.2, -0.15) is 0 Å². The van der Waals surface area contributed by atoms with E-state index in [9.17, 15) is 0 Å². The number of aromatic nitrogens is 1. The van der Waals surface area contributed by atoms with Crippen LogP contribution < -0.4 is 10.5 Å². The number of aliphatic imine (C=N–C) groups is 1. The lowest BCUT2D eigenvalue weighted by atomic mass is 9.76. The molecule has 3 aromatic rings. The van der Waals surface area contributed by atoms with Crippen LogP contribution in [0, 0.1) is 5.82 Å². The zero-order valence-electron chi connectivity index (χ0n) is 17.9. The highest BCUT2D eigenvalue weighted by Crippen LogP contribution is 2.54. The molecule has 7 heteroatoms. The molecule has 0 saturated heterocycles. The first-order chi connectivity index (χ1) is 16.1. The maximum Gasteiger partial charge on any atom is 0.283 e. The van der Waals surface area contributed by atoms with Gasteiger partial charge in [0.25, 0.3) is 6.02 Å². The molecule has 0 fully saturated rings. The second kappa shape index (κ2) is 7.71. The number of hydrogen-bond acceptors (Lipinski definition) is 6. The summed E-state index contributed by atoms with van der Waals surface area (Å²) in [5, 5.41) is 0. The highest BCUT2D eigenvalue weighted by molar-refractivity contribution is 5.77. The summed E-state index contributed by atoms with van der Waals surface area (Å²) in [6.45, 7) is 1.50. The number of hydrogen-bond donors (Lipinski definition) is 1. The Hall–Kier alpha value is -3.71. The lowest BCUT2D eigenvalue weighted by Gasteiger charge is -2.40. The lowest BCUT2D eigenvalue weighted by Crippen LogP contribution is -2.39. The van der Waals surface area contributed by atoms with Crippen LogP contribution >= 0.6 is 0 Å². The Labute approximate surface area is 190 Å². The Morgan fingerprint density at radius 1 is 1.00 bits per heavy atom. The molecule has 0 aliphatic carbocycles. The molecule has 1 spiro atoms. The molecule has 1 unspecified atom stereocenters. The lowest BCUT2D eigenvalue weighted by molar-refractivity contribution is 0.161. The summed E-state index contributed by atoms with van der Waals surface area (Å²) in [5.41, 5.74) is 10.5. The molecule has 0 saturated carbocycles. The van der Waals surface area contributed by atoms with Gasteiger partial charge in [-0.1, -0.05) is 18.2 Å². The average molecular weight is 443 g/mol. The van der Waals surface area contributed by atoms with Gasteiger partial charge in [0.15, 0.2) is 11.6 Å². The maximum absolute atomic E-state index is 15.5. The topological polar surface area (TPSA) is 79.0 Å². The molecule has 1 atom stereocenters. The second-order valence-electron chi connectivity index (χ2n) is 8.35. The number of ether oxygens (including phenoxy) is 3. The van der Waals surface area contributed by atoms with E-state index in [1.54, 1.807) is 6.20 Å². The Morgan fingerprint density at radius 2 is 1.91 bits per heavy atom. The highest BCUT2D eigenvalue weighted by atomic mass is 19.1. The van der Waals surface area contributed by atoms with Crippen LogP contribution in [0.3, 0.4) is 0 Å². The van der Waals surface area contributed by atoms with Crippen molar-refractivity contribution in [2.45, 2.75) is 18.4 Å². The monoisotopic (exact) mass is 443 g/mol. The highest BCUT2D eigenvalue weighted by Gasteiger charge is 2.46. The summed E-state index contributed by atoms with van der Waals surface area (Å²) >= 11 is 0. The van der Waals surface area contributed by atoms with E-state index in [1.165, 1.54) is 6.07 Å². The van der Waals surface area contributed by atoms with Gasteiger partial charge in [-0.15, -0.1) is 0 Å². The Kier molecular flexibility index (Phi) is 4.66. The zero-order chi connectivity index (χ0) is 22.4. The molecule has 166 valence electrons. The van der Waals surface area contributed by atoms with Crippen molar-refractivity contribution < 1.29 is 18.6 Å². The Morgan fingerprint density at radius 3 is 2.70 bits per heavy atom. The maximum atomic E-state index is 15.5. The SMILES string of the molecule is NC1=NC2(CCO1)c1cc(-c3cccnc3)ccc1Oc1c(F)cc(C3=CCOCC3)cc12. The summed E-state index contributed by atoms with van der Waals surface area (Å²) in [6, 6.07) is 13.3. The normalized spacial score (nSPS) is 21.2. The van der Waals surface area contributed by atoms with Crippen molar-refractivity contribution in [1.29, 1.82) is 0 Å². The van der Waals surface area contributed by atoms with E-state index in [4.69, 9.17) is 24.9 Å². The Bertz CT molecular complexity index is 1310. The quantitative estimate of drug-likeness (QED) is 0.617. The van der Waals surface area contributed by atoms with Crippen LogP contribution in [0.1, 0.15) is 29.5 Å². The van der Waals surface area contributed by atoms with Crippen LogP contribution in [0.2, 0.25) is 0 Å². The number of nitrogens with zero attached hydrogens (tertiary/aromatic N) is 2. The first-order valence-corrected chi connectivity index (χ1v) is 11.0. The summed E-state index contributed by atoms with van der Waals surface area (Å²) in [4.78, 5) is 9.02. The van der Waals surface area contributed by atoms with Crippen LogP contribution in [-0.4, -0.2) is 30.8 Å². The van der Waals surface area contributed by atoms with Gasteiger partial charge in [0.05, 0.1) is 19.8 Å². The van der Waals surface area contributed by atoms with Crippen molar-refractivity contribution in [3.63, 3.8) is 0 Å². The molecule has 3 aliphatic heterocycles. The van der Waals surface area contributed by atoms with Gasteiger partial charge in [-0.05, 0) is 53.5 Å². The molecule has 6 nitrogen and oxygen atoms in total. The minimum Gasteiger partial charge on any atom is -0.465 e. The van der Waals surface area contributed by atoms with Crippen LogP contribution in [0.25, 0.3) is 16.7 Å². The third-order valence-corrected chi connectivity index (χ3v) is 6.47. The fourth-order valence-corrected chi connectivity index (χ4v) is 4.86. The molecule has 2 aromatic carbocycles. The minimum atomic E-state index is -0.911. The fraction of sp³-hybridized carbons (Fsp3) is 0.231. The predicted octanol–water partition coefficient (Wildman–Crippen LogP) is 4.78. The van der Waals surface area contributed by atoms with E-state index >= 15 is 4.39 Å². The van der Waals surface area contributed by atoms with E-state index in [2.05, 4.69) is 4.98 Å². The van der Waals surface area contributed by atoms with Crippen molar-refractivity contribution in [2.75, 3.05) is 19.8 Å². The summed E-state index contributed by atoms with van der Waals surface area (Å²) < 4.78 is 32.5. The van der Waals surface area contributed by atoms with Crippen molar-refractivity contribution in [3.05, 3.63) is 83.4 Å². The van der Waals surface area contributed by atoms with Crippen molar-refractivity contribution >= 4 is 11.6 Å². The Balaban J connectivity index is 1.58. The molecule has 33 heavy (non-hydrogen) atoms. The van der Waals surface area contributed by atoms with Crippen LogP contribution in [0.4, 0.5) is 4.39 Å². The standard InChI is InChI=1S/C26H22FN3O3/c27-22-14-19(16-5-9-31-10-6-16)13-21-24(22)33-23-4-3-17(18-2-1-8-29-15-18)12-20(23)26(21)7-11-32-25(28)30-26/h1-5,8,12-15H,6-7,9-11H2,(H2,28,30). The number of halogens is 1. The fourth-order valence-electron chi connectivity index (χ4n) is 4.86. The number of benzene rings is 2. The number of rotatable bonds is 2. The zero-order valence-corrected chi connectivity index (χ0v) is 17.9. The first-order valence-electron chi connectivity index (χ1n) is 11.0. The van der Waals surface area contributed by atoms with E-state index in [0.717, 1.165) is 34.2 Å². The number of pyridine rings is 1. The number of nitrogens with two attached hydrogens (primary N) is 1. The van der Waals surface area contributed by atoms with E-state index in [1.807, 2.05) is 48.7 Å². The largest absolute Gasteiger partial charge is 0.465 e. The third kappa shape index (κ3) is 3.27. The van der Waals surface area contributed by atoms with Gasteiger partial charge in [0.2, 0.25) is 0 Å². The number of amidine groups is 1. The van der Waals surface area contributed by atoms with Crippen molar-refractivity contribution in [1.82, 2.24) is 4.98 Å². The first kappa shape index (κ1) is 19.9. The molecule has 0 radical (unpaired) electrons. The van der Waals surface area contributed by atoms with Gasteiger partial charge in [-0.25, -0.2) is 9.38 Å². The smallest absolute Gasteiger partial charge is 0.283 e. The minimum absolute atomic E-state index is 0.0860. The summed E-state index contributed by atoms with van der Waals surface area (Å²) in [7, 11) is 0. The predicted molar refractivity (Wildman–Crippen MR) is 123 cm³/mol. The molecule has 2 N–H and O–H groups in total. The summed E-state index contributed by atoms with van der Waals surface area (Å²) in [6.07, 6.45) is 6.78. The molecule has 0 amide bonds. The van der Waals surface area contributed by atoms with Crippen LogP contribution in [0.15, 0.2) is 65.9 Å². The molecule has 4 heterocycles. The van der Waals surface area contributed by atoms with E-state index < -0.39 is 11.4 Å². The molecule has 3 aliphatic rings. The van der Waals surface area contributed by atoms with Crippen molar-refractivity contribution in [3.8, 4) is 22.6 Å². The molecule has 6 rings (SSSR count). The number of fused-ring (bicyclic) bond motifs is 4. The van der Waals surface area contributed by atoms with E-state index in [-0.39, 0.29) is 11.8 Å². The van der Waals surface area contributed by atoms with Gasteiger partial charge in [0.1, 0.15) is 11.3 Å². The molecular weight excluding hydrogens is 421 g/mol. The second-order valence-corrected chi connectivity index (χ2v) is 8.35. The van der Waals surface area contributed by atoms with Crippen molar-refractivity contribution in [2.24, 2.45) is 10.7 Å². The van der Waals surface area contributed by atoms with Gasteiger partial charge in [0, 0.05) is 35.5 Å². The van der Waals surface area contributed by atoms with Crippen LogP contribution in [0.5, 0.6) is 11.5 Å². The van der Waals surface area contributed by atoms with Crippen LogP contribution in [-0.2, 0) is 15.0 Å². The van der Waals surface area contributed by atoms with Gasteiger partial charge in [-0.3, -0.25) is 4.98 Å². The average Bonchev–Trinajstić information content (AvgIpc) is 2.86. The van der Waals surface area contributed by atoms with Gasteiger partial charge >= 0.3 is 0 Å². The molecule has 1 aromatic heterocycles.